The van der Waals surface area contributed by atoms with Gasteiger partial charge in [-0.2, -0.15) is 0 Å². The number of halogens is 4. The van der Waals surface area contributed by atoms with Gasteiger partial charge in [0.25, 0.3) is 0 Å². The molecule has 122 valence electrons. The van der Waals surface area contributed by atoms with Crippen LogP contribution in [0.5, 0.6) is 0 Å². The van der Waals surface area contributed by atoms with E-state index in [1.807, 2.05) is 0 Å². The maximum Gasteiger partial charge on any atom is 0.341 e. The van der Waals surface area contributed by atoms with E-state index >= 15 is 0 Å². The number of carbonyl (C=O) groups is 1. The summed E-state index contributed by atoms with van der Waals surface area (Å²) in [6.07, 6.45) is 0.718. The summed E-state index contributed by atoms with van der Waals surface area (Å²) in [5.74, 6) is -5.33. The topological polar surface area (TPSA) is 72.2 Å². The molecule has 9 heteroatoms. The number of carboxylic acid groups (broad SMARTS) is 1. The molecule has 2 heterocycles. The van der Waals surface area contributed by atoms with E-state index in [-0.39, 0.29) is 16.2 Å². The van der Waals surface area contributed by atoms with Crippen LogP contribution in [-0.4, -0.2) is 20.6 Å². The predicted molar refractivity (Wildman–Crippen MR) is 79.2 cm³/mol. The van der Waals surface area contributed by atoms with Gasteiger partial charge in [0.1, 0.15) is 27.9 Å². The van der Waals surface area contributed by atoms with Crippen molar-refractivity contribution in [1.82, 2.24) is 9.55 Å². The van der Waals surface area contributed by atoms with Crippen LogP contribution < -0.4 is 5.43 Å². The van der Waals surface area contributed by atoms with Gasteiger partial charge in [-0.05, 0) is 12.1 Å². The summed E-state index contributed by atoms with van der Waals surface area (Å²) >= 11 is 5.75. The first-order valence-electron chi connectivity index (χ1n) is 6.39. The minimum absolute atomic E-state index is 0.0818. The highest BCUT2D eigenvalue weighted by Gasteiger charge is 2.21. The summed E-state index contributed by atoms with van der Waals surface area (Å²) in [7, 11) is 0. The molecule has 0 fully saturated rings. The van der Waals surface area contributed by atoms with Crippen LogP contribution in [0.2, 0.25) is 5.15 Å². The molecule has 0 amide bonds. The minimum Gasteiger partial charge on any atom is -0.477 e. The molecule has 0 atom stereocenters. The number of pyridine rings is 2. The Labute approximate surface area is 136 Å². The van der Waals surface area contributed by atoms with Crippen LogP contribution in [0.25, 0.3) is 16.7 Å². The fourth-order valence-corrected chi connectivity index (χ4v) is 2.41. The van der Waals surface area contributed by atoms with Crippen molar-refractivity contribution in [3.05, 3.63) is 68.9 Å². The van der Waals surface area contributed by atoms with E-state index in [4.69, 9.17) is 16.7 Å². The van der Waals surface area contributed by atoms with Crippen LogP contribution in [-0.2, 0) is 0 Å². The Kier molecular flexibility index (Phi) is 3.76. The molecule has 0 saturated carbocycles. The SMILES string of the molecule is O=C(O)c1cn(-c2c(F)cc(F)cc2F)c2nc(Cl)ccc2c1=O. The summed E-state index contributed by atoms with van der Waals surface area (Å²) < 4.78 is 42.0. The molecule has 3 aromatic rings. The molecule has 0 unspecified atom stereocenters. The van der Waals surface area contributed by atoms with Crippen molar-refractivity contribution in [3.8, 4) is 5.69 Å². The van der Waals surface area contributed by atoms with Crippen molar-refractivity contribution < 1.29 is 23.1 Å². The third-order valence-electron chi connectivity index (χ3n) is 3.27. The average molecular weight is 355 g/mol. The van der Waals surface area contributed by atoms with E-state index < -0.39 is 40.1 Å². The second kappa shape index (κ2) is 5.64. The predicted octanol–water partition coefficient (Wildman–Crippen LogP) is 3.15. The lowest BCUT2D eigenvalue weighted by Gasteiger charge is -2.13. The molecule has 1 N–H and O–H groups in total. The molecule has 0 aliphatic rings. The van der Waals surface area contributed by atoms with Crippen LogP contribution in [0.1, 0.15) is 10.4 Å². The monoisotopic (exact) mass is 354 g/mol. The summed E-state index contributed by atoms with van der Waals surface area (Å²) in [5.41, 5.74) is -2.66. The Bertz CT molecular complexity index is 1040. The molecular weight excluding hydrogens is 349 g/mol. The van der Waals surface area contributed by atoms with Crippen molar-refractivity contribution >= 4 is 28.6 Å². The molecule has 0 spiro atoms. The summed E-state index contributed by atoms with van der Waals surface area (Å²) in [5, 5.41) is 8.84. The smallest absolute Gasteiger partial charge is 0.341 e. The van der Waals surface area contributed by atoms with Crippen LogP contribution in [0.15, 0.2) is 35.3 Å². The molecule has 0 radical (unpaired) electrons. The second-order valence-electron chi connectivity index (χ2n) is 4.77. The Hall–Kier alpha value is -2.87. The lowest BCUT2D eigenvalue weighted by Crippen LogP contribution is -2.20. The van der Waals surface area contributed by atoms with Gasteiger partial charge in [0, 0.05) is 18.3 Å². The zero-order valence-corrected chi connectivity index (χ0v) is 12.3. The van der Waals surface area contributed by atoms with Crippen LogP contribution in [0.4, 0.5) is 13.2 Å². The Morgan fingerprint density at radius 1 is 1.17 bits per heavy atom. The third kappa shape index (κ3) is 2.50. The molecular formula is C15H6ClF3N2O3. The second-order valence-corrected chi connectivity index (χ2v) is 5.16. The van der Waals surface area contributed by atoms with E-state index in [0.717, 1.165) is 10.8 Å². The van der Waals surface area contributed by atoms with E-state index in [0.29, 0.717) is 12.1 Å². The summed E-state index contributed by atoms with van der Waals surface area (Å²) in [4.78, 5) is 27.2. The van der Waals surface area contributed by atoms with E-state index in [2.05, 4.69) is 4.98 Å². The Morgan fingerprint density at radius 3 is 2.38 bits per heavy atom. The number of hydrogen-bond donors (Lipinski definition) is 1. The zero-order valence-electron chi connectivity index (χ0n) is 11.6. The standard InChI is InChI=1S/C15H6ClF3N2O3/c16-11-2-1-7-13(22)8(15(23)24)5-21(14(7)20-11)12-9(18)3-6(17)4-10(12)19/h1-5H,(H,23,24). The molecule has 0 aliphatic heterocycles. The molecule has 5 nitrogen and oxygen atoms in total. The molecule has 24 heavy (non-hydrogen) atoms. The van der Waals surface area contributed by atoms with Gasteiger partial charge in [-0.15, -0.1) is 0 Å². The number of fused-ring (bicyclic) bond motifs is 1. The van der Waals surface area contributed by atoms with Crippen molar-refractivity contribution in [2.45, 2.75) is 0 Å². The fourth-order valence-electron chi connectivity index (χ4n) is 2.27. The normalized spacial score (nSPS) is 11.0. The van der Waals surface area contributed by atoms with E-state index in [9.17, 15) is 22.8 Å². The maximum absolute atomic E-state index is 14.1. The van der Waals surface area contributed by atoms with Gasteiger partial charge >= 0.3 is 5.97 Å². The lowest BCUT2D eigenvalue weighted by molar-refractivity contribution is 0.0695. The molecule has 1 aromatic carbocycles. The third-order valence-corrected chi connectivity index (χ3v) is 3.48. The number of hydrogen-bond acceptors (Lipinski definition) is 3. The molecule has 0 saturated heterocycles. The van der Waals surface area contributed by atoms with Gasteiger partial charge in [0.05, 0.1) is 5.39 Å². The van der Waals surface area contributed by atoms with Crippen molar-refractivity contribution in [1.29, 1.82) is 0 Å². The van der Waals surface area contributed by atoms with Crippen molar-refractivity contribution in [2.75, 3.05) is 0 Å². The Balaban J connectivity index is 2.53. The van der Waals surface area contributed by atoms with Crippen LogP contribution >= 0.6 is 11.6 Å². The number of carboxylic acids is 1. The van der Waals surface area contributed by atoms with Crippen molar-refractivity contribution in [2.24, 2.45) is 0 Å². The first kappa shape index (κ1) is 16.0. The number of nitrogens with zero attached hydrogens (tertiary/aromatic N) is 2. The van der Waals surface area contributed by atoms with Gasteiger partial charge in [-0.1, -0.05) is 11.6 Å². The first-order valence-corrected chi connectivity index (χ1v) is 6.77. The number of aromatic nitrogens is 2. The van der Waals surface area contributed by atoms with Crippen molar-refractivity contribution in [3.63, 3.8) is 0 Å². The highest BCUT2D eigenvalue weighted by molar-refractivity contribution is 6.29. The van der Waals surface area contributed by atoms with Gasteiger partial charge in [0.15, 0.2) is 11.6 Å². The van der Waals surface area contributed by atoms with Gasteiger partial charge in [0.2, 0.25) is 5.43 Å². The number of rotatable bonds is 2. The largest absolute Gasteiger partial charge is 0.477 e. The first-order chi connectivity index (χ1) is 11.3. The Morgan fingerprint density at radius 2 is 1.79 bits per heavy atom. The van der Waals surface area contributed by atoms with E-state index in [1.165, 1.54) is 12.1 Å². The van der Waals surface area contributed by atoms with E-state index in [1.54, 1.807) is 0 Å². The molecule has 2 aromatic heterocycles. The number of aromatic carboxylic acids is 1. The fraction of sp³-hybridized carbons (Fsp3) is 0. The highest BCUT2D eigenvalue weighted by atomic mass is 35.5. The van der Waals surface area contributed by atoms with Gasteiger partial charge in [-0.25, -0.2) is 22.9 Å². The summed E-state index contributed by atoms with van der Waals surface area (Å²) in [6.45, 7) is 0. The number of benzene rings is 1. The molecule has 3 rings (SSSR count). The highest BCUT2D eigenvalue weighted by Crippen LogP contribution is 2.24. The average Bonchev–Trinajstić information content (AvgIpc) is 2.48. The zero-order chi connectivity index (χ0) is 17.6. The quantitative estimate of drug-likeness (QED) is 0.718. The molecule has 0 bridgehead atoms. The minimum atomic E-state index is -1.59. The van der Waals surface area contributed by atoms with Crippen LogP contribution in [0, 0.1) is 17.5 Å². The maximum atomic E-state index is 14.1. The summed E-state index contributed by atoms with van der Waals surface area (Å²) in [6, 6.07) is 3.27. The van der Waals surface area contributed by atoms with Gasteiger partial charge < -0.3 is 5.11 Å². The van der Waals surface area contributed by atoms with Crippen LogP contribution in [0.3, 0.4) is 0 Å². The van der Waals surface area contributed by atoms with Gasteiger partial charge in [-0.3, -0.25) is 9.36 Å². The molecule has 0 aliphatic carbocycles. The lowest BCUT2D eigenvalue weighted by atomic mass is 10.1.